The van der Waals surface area contributed by atoms with E-state index in [2.05, 4.69) is 138 Å². The van der Waals surface area contributed by atoms with Crippen molar-refractivity contribution >= 4 is 43.0 Å². The summed E-state index contributed by atoms with van der Waals surface area (Å²) in [4.78, 5) is 0. The van der Waals surface area contributed by atoms with Crippen molar-refractivity contribution in [1.82, 2.24) is 0 Å². The van der Waals surface area contributed by atoms with Gasteiger partial charge in [-0.3, -0.25) is 0 Å². The van der Waals surface area contributed by atoms with Crippen LogP contribution >= 0.6 is 15.9 Å². The lowest BCUT2D eigenvalue weighted by Crippen LogP contribution is -2.33. The summed E-state index contributed by atoms with van der Waals surface area (Å²) in [6.45, 7) is 2.40. The van der Waals surface area contributed by atoms with Gasteiger partial charge < -0.3 is 0 Å². The third-order valence-corrected chi connectivity index (χ3v) is 8.70. The number of hydrogen-bond acceptors (Lipinski definition) is 0. The molecule has 0 amide bonds. The smallest absolute Gasteiger partial charge is 0.0332 e. The van der Waals surface area contributed by atoms with Crippen LogP contribution in [0.5, 0.6) is 0 Å². The molecule has 0 heterocycles. The van der Waals surface area contributed by atoms with Crippen LogP contribution in [-0.2, 0) is 5.41 Å². The summed E-state index contributed by atoms with van der Waals surface area (Å²) < 4.78 is 1.17. The van der Waals surface area contributed by atoms with Crippen LogP contribution in [0.25, 0.3) is 38.2 Å². The molecule has 0 saturated carbocycles. The Morgan fingerprint density at radius 3 is 1.91 bits per heavy atom. The Bertz CT molecular complexity index is 1630. The second kappa shape index (κ2) is 7.29. The standard InChI is InChI=1S/C33H23Br/c1-33-19-18-21(20-30(33)24-12-3-2-10-22(24)23-11-8-9-17-29(23)33)31-25-13-4-6-15-27(25)32(34)28-16-7-5-14-26(28)31/h2-20,30H,1H3. The maximum atomic E-state index is 3.91. The first-order chi connectivity index (χ1) is 16.7. The maximum absolute atomic E-state index is 3.91. The molecule has 2 aliphatic carbocycles. The lowest BCUT2D eigenvalue weighted by molar-refractivity contribution is 0.520. The molecule has 0 N–H and O–H groups in total. The van der Waals surface area contributed by atoms with Crippen LogP contribution in [-0.4, -0.2) is 0 Å². The Morgan fingerprint density at radius 1 is 0.647 bits per heavy atom. The first kappa shape index (κ1) is 20.0. The van der Waals surface area contributed by atoms with Crippen molar-refractivity contribution in [2.24, 2.45) is 0 Å². The minimum Gasteiger partial charge on any atom is -0.0727 e. The molecule has 0 saturated heterocycles. The maximum Gasteiger partial charge on any atom is 0.0332 e. The van der Waals surface area contributed by atoms with Crippen molar-refractivity contribution in [3.8, 4) is 11.1 Å². The Labute approximate surface area is 208 Å². The average Bonchev–Trinajstić information content (AvgIpc) is 2.90. The summed E-state index contributed by atoms with van der Waals surface area (Å²) >= 11 is 3.91. The first-order valence-electron chi connectivity index (χ1n) is 11.9. The number of allylic oxidation sites excluding steroid dienone is 4. The molecule has 1 heteroatoms. The molecule has 0 fully saturated rings. The van der Waals surface area contributed by atoms with Gasteiger partial charge in [0.15, 0.2) is 0 Å². The van der Waals surface area contributed by atoms with E-state index in [1.807, 2.05) is 0 Å². The van der Waals surface area contributed by atoms with Gasteiger partial charge in [-0.15, -0.1) is 0 Å². The molecule has 0 aromatic heterocycles. The van der Waals surface area contributed by atoms with Gasteiger partial charge in [0, 0.05) is 15.8 Å². The molecule has 5 aromatic carbocycles. The molecule has 0 nitrogen and oxygen atoms in total. The Hall–Kier alpha value is -3.42. The van der Waals surface area contributed by atoms with Gasteiger partial charge in [0.2, 0.25) is 0 Å². The van der Waals surface area contributed by atoms with Crippen LogP contribution in [0.3, 0.4) is 0 Å². The molecule has 34 heavy (non-hydrogen) atoms. The molecule has 0 spiro atoms. The van der Waals surface area contributed by atoms with E-state index >= 15 is 0 Å². The van der Waals surface area contributed by atoms with Gasteiger partial charge >= 0.3 is 0 Å². The summed E-state index contributed by atoms with van der Waals surface area (Å²) in [5, 5.41) is 5.09. The Kier molecular flexibility index (Phi) is 4.29. The van der Waals surface area contributed by atoms with Gasteiger partial charge in [-0.1, -0.05) is 122 Å². The lowest BCUT2D eigenvalue weighted by atomic mass is 9.60. The van der Waals surface area contributed by atoms with Crippen LogP contribution < -0.4 is 0 Å². The molecule has 0 aliphatic heterocycles. The van der Waals surface area contributed by atoms with Gasteiger partial charge in [-0.25, -0.2) is 0 Å². The van der Waals surface area contributed by atoms with Crippen LogP contribution in [0.4, 0.5) is 0 Å². The van der Waals surface area contributed by atoms with Crippen molar-refractivity contribution < 1.29 is 0 Å². The topological polar surface area (TPSA) is 0 Å². The van der Waals surface area contributed by atoms with Crippen LogP contribution in [0.2, 0.25) is 0 Å². The summed E-state index contributed by atoms with van der Waals surface area (Å²) in [6.07, 6.45) is 7.34. The van der Waals surface area contributed by atoms with E-state index in [1.54, 1.807) is 0 Å². The van der Waals surface area contributed by atoms with Crippen molar-refractivity contribution in [2.75, 3.05) is 0 Å². The largest absolute Gasteiger partial charge is 0.0727 e. The van der Waals surface area contributed by atoms with E-state index in [0.29, 0.717) is 0 Å². The number of benzene rings is 5. The minimum atomic E-state index is -0.0740. The number of rotatable bonds is 1. The highest BCUT2D eigenvalue weighted by Crippen LogP contribution is 2.55. The summed E-state index contributed by atoms with van der Waals surface area (Å²) in [6, 6.07) is 35.4. The van der Waals surface area contributed by atoms with Crippen LogP contribution in [0, 0.1) is 0 Å². The van der Waals surface area contributed by atoms with E-state index in [4.69, 9.17) is 0 Å². The minimum absolute atomic E-state index is 0.0740. The van der Waals surface area contributed by atoms with Gasteiger partial charge in [-0.05, 0) is 70.9 Å². The van der Waals surface area contributed by atoms with Gasteiger partial charge in [0.25, 0.3) is 0 Å². The third-order valence-electron chi connectivity index (χ3n) is 7.85. The van der Waals surface area contributed by atoms with Crippen molar-refractivity contribution in [3.63, 3.8) is 0 Å². The molecule has 2 aliphatic rings. The summed E-state index contributed by atoms with van der Waals surface area (Å²) in [5.74, 6) is 0.278. The van der Waals surface area contributed by atoms with E-state index in [1.165, 1.54) is 59.4 Å². The van der Waals surface area contributed by atoms with E-state index in [0.717, 1.165) is 0 Å². The van der Waals surface area contributed by atoms with Gasteiger partial charge in [0.05, 0.1) is 0 Å². The zero-order valence-corrected chi connectivity index (χ0v) is 20.5. The fourth-order valence-electron chi connectivity index (χ4n) is 6.20. The highest BCUT2D eigenvalue weighted by atomic mass is 79.9. The molecular formula is C33H23Br. The number of hydrogen-bond donors (Lipinski definition) is 0. The van der Waals surface area contributed by atoms with E-state index in [-0.39, 0.29) is 11.3 Å². The molecule has 162 valence electrons. The molecule has 0 radical (unpaired) electrons. The normalized spacial score (nSPS) is 20.5. The quantitative estimate of drug-likeness (QED) is 0.202. The molecule has 0 bridgehead atoms. The number of halogens is 1. The molecule has 7 rings (SSSR count). The van der Waals surface area contributed by atoms with Crippen LogP contribution in [0.1, 0.15) is 29.5 Å². The lowest BCUT2D eigenvalue weighted by Gasteiger charge is -2.43. The highest BCUT2D eigenvalue weighted by Gasteiger charge is 2.42. The van der Waals surface area contributed by atoms with E-state index in [9.17, 15) is 0 Å². The average molecular weight is 499 g/mol. The van der Waals surface area contributed by atoms with Crippen molar-refractivity contribution in [2.45, 2.75) is 18.3 Å². The van der Waals surface area contributed by atoms with Gasteiger partial charge in [-0.2, -0.15) is 0 Å². The third kappa shape index (κ3) is 2.65. The predicted molar refractivity (Wildman–Crippen MR) is 148 cm³/mol. The second-order valence-electron chi connectivity index (χ2n) is 9.63. The van der Waals surface area contributed by atoms with E-state index < -0.39 is 0 Å². The summed E-state index contributed by atoms with van der Waals surface area (Å²) in [7, 11) is 0. The van der Waals surface area contributed by atoms with Crippen LogP contribution in [0.15, 0.2) is 120 Å². The number of fused-ring (bicyclic) bond motifs is 8. The van der Waals surface area contributed by atoms with Crippen molar-refractivity contribution in [1.29, 1.82) is 0 Å². The Balaban J connectivity index is 1.54. The monoisotopic (exact) mass is 498 g/mol. The van der Waals surface area contributed by atoms with Crippen molar-refractivity contribution in [3.05, 3.63) is 136 Å². The highest BCUT2D eigenvalue weighted by molar-refractivity contribution is 9.10. The zero-order valence-electron chi connectivity index (χ0n) is 18.9. The Morgan fingerprint density at radius 2 is 1.21 bits per heavy atom. The van der Waals surface area contributed by atoms with Gasteiger partial charge in [0.1, 0.15) is 0 Å². The fourth-order valence-corrected chi connectivity index (χ4v) is 6.89. The SMILES string of the molecule is CC12C=CC(c3c4ccccc4c(Br)c4ccccc34)=CC1c1ccccc1-c1ccccc12. The molecular weight excluding hydrogens is 476 g/mol. The molecule has 2 atom stereocenters. The second-order valence-corrected chi connectivity index (χ2v) is 10.4. The predicted octanol–water partition coefficient (Wildman–Crippen LogP) is 9.43. The zero-order chi connectivity index (χ0) is 22.9. The molecule has 5 aromatic rings. The molecule has 2 unspecified atom stereocenters. The summed E-state index contributed by atoms with van der Waals surface area (Å²) in [5.41, 5.74) is 8.10. The first-order valence-corrected chi connectivity index (χ1v) is 12.7. The fraction of sp³-hybridized carbons (Fsp3) is 0.0909.